The van der Waals surface area contributed by atoms with Gasteiger partial charge in [0.1, 0.15) is 10.7 Å². The van der Waals surface area contributed by atoms with Crippen molar-refractivity contribution in [2.45, 2.75) is 20.4 Å². The first-order valence-corrected chi connectivity index (χ1v) is 10.0. The second-order valence-electron chi connectivity index (χ2n) is 6.80. The van der Waals surface area contributed by atoms with Crippen molar-refractivity contribution in [2.24, 2.45) is 0 Å². The number of piperazine rings is 1. The van der Waals surface area contributed by atoms with E-state index in [4.69, 9.17) is 0 Å². The smallest absolute Gasteiger partial charge is 0.266 e. The molecule has 3 aromatic rings. The number of thiazole rings is 1. The van der Waals surface area contributed by atoms with Crippen LogP contribution >= 0.6 is 11.3 Å². The van der Waals surface area contributed by atoms with Crippen LogP contribution in [0.3, 0.4) is 0 Å². The number of imidazole rings is 1. The predicted octanol–water partition coefficient (Wildman–Crippen LogP) is 2.21. The summed E-state index contributed by atoms with van der Waals surface area (Å²) in [5.74, 6) is 1.15. The number of carbonyl (C=O) groups excluding carboxylic acids is 1. The molecular weight excluding hydrogens is 360 g/mol. The SMILES string of the molecule is Cc1nc(-n2cccc2)sc1C(=O)N1CCN(CCn2ccnc2C)CC1. The van der Waals surface area contributed by atoms with Crippen molar-refractivity contribution < 1.29 is 4.79 Å². The molecule has 1 saturated heterocycles. The molecule has 0 unspecified atom stereocenters. The molecule has 4 rings (SSSR count). The maximum atomic E-state index is 13.0. The Morgan fingerprint density at radius 3 is 2.48 bits per heavy atom. The van der Waals surface area contributed by atoms with Gasteiger partial charge in [0.25, 0.3) is 5.91 Å². The molecule has 0 radical (unpaired) electrons. The fraction of sp³-hybridized carbons (Fsp3) is 0.421. The minimum atomic E-state index is 0.105. The third kappa shape index (κ3) is 3.81. The molecule has 7 nitrogen and oxygen atoms in total. The van der Waals surface area contributed by atoms with Crippen LogP contribution in [0.5, 0.6) is 0 Å². The van der Waals surface area contributed by atoms with Crippen LogP contribution in [-0.2, 0) is 6.54 Å². The largest absolute Gasteiger partial charge is 0.335 e. The van der Waals surface area contributed by atoms with Crippen LogP contribution in [0.4, 0.5) is 0 Å². The van der Waals surface area contributed by atoms with E-state index in [1.54, 1.807) is 0 Å². The number of aryl methyl sites for hydroxylation is 2. The van der Waals surface area contributed by atoms with Gasteiger partial charge in [-0.25, -0.2) is 9.97 Å². The topological polar surface area (TPSA) is 59.2 Å². The Balaban J connectivity index is 1.34. The summed E-state index contributed by atoms with van der Waals surface area (Å²) >= 11 is 1.47. The van der Waals surface area contributed by atoms with Crippen molar-refractivity contribution in [1.82, 2.24) is 28.9 Å². The van der Waals surface area contributed by atoms with E-state index in [1.807, 2.05) is 60.2 Å². The molecule has 0 saturated carbocycles. The van der Waals surface area contributed by atoms with Gasteiger partial charge in [-0.05, 0) is 26.0 Å². The molecule has 4 heterocycles. The Kier molecular flexibility index (Phi) is 5.09. The van der Waals surface area contributed by atoms with Gasteiger partial charge in [0.2, 0.25) is 0 Å². The van der Waals surface area contributed by atoms with Crippen LogP contribution < -0.4 is 0 Å². The summed E-state index contributed by atoms with van der Waals surface area (Å²) in [7, 11) is 0. The van der Waals surface area contributed by atoms with Crippen LogP contribution in [0, 0.1) is 13.8 Å². The number of hydrogen-bond acceptors (Lipinski definition) is 5. The van der Waals surface area contributed by atoms with E-state index in [0.29, 0.717) is 0 Å². The maximum absolute atomic E-state index is 13.0. The highest BCUT2D eigenvalue weighted by atomic mass is 32.1. The zero-order chi connectivity index (χ0) is 18.8. The quantitative estimate of drug-likeness (QED) is 0.677. The summed E-state index contributed by atoms with van der Waals surface area (Å²) in [6.07, 6.45) is 7.76. The lowest BCUT2D eigenvalue weighted by Gasteiger charge is -2.34. The zero-order valence-corrected chi connectivity index (χ0v) is 16.5. The van der Waals surface area contributed by atoms with Crippen LogP contribution in [0.25, 0.3) is 5.13 Å². The first-order valence-electron chi connectivity index (χ1n) is 9.22. The predicted molar refractivity (Wildman–Crippen MR) is 105 cm³/mol. The molecule has 1 aliphatic heterocycles. The van der Waals surface area contributed by atoms with Gasteiger partial charge < -0.3 is 14.0 Å². The van der Waals surface area contributed by atoms with Gasteiger partial charge >= 0.3 is 0 Å². The second kappa shape index (κ2) is 7.66. The molecule has 8 heteroatoms. The number of aromatic nitrogens is 4. The third-order valence-corrected chi connectivity index (χ3v) is 6.20. The Hall–Kier alpha value is -2.45. The van der Waals surface area contributed by atoms with Crippen molar-refractivity contribution in [3.8, 4) is 5.13 Å². The van der Waals surface area contributed by atoms with Gasteiger partial charge in [-0.3, -0.25) is 9.69 Å². The Labute approximate surface area is 162 Å². The lowest BCUT2D eigenvalue weighted by Crippen LogP contribution is -2.49. The van der Waals surface area contributed by atoms with Crippen LogP contribution in [-0.4, -0.2) is 67.5 Å². The highest BCUT2D eigenvalue weighted by molar-refractivity contribution is 7.16. The highest BCUT2D eigenvalue weighted by Crippen LogP contribution is 2.23. The minimum absolute atomic E-state index is 0.105. The minimum Gasteiger partial charge on any atom is -0.335 e. The summed E-state index contributed by atoms with van der Waals surface area (Å²) in [6.45, 7) is 9.19. The van der Waals surface area contributed by atoms with Gasteiger partial charge in [-0.1, -0.05) is 11.3 Å². The number of amides is 1. The first-order chi connectivity index (χ1) is 13.1. The summed E-state index contributed by atoms with van der Waals surface area (Å²) in [4.78, 5) is 26.9. The van der Waals surface area contributed by atoms with Crippen molar-refractivity contribution in [2.75, 3.05) is 32.7 Å². The highest BCUT2D eigenvalue weighted by Gasteiger charge is 2.25. The average Bonchev–Trinajstić information content (AvgIpc) is 3.41. The van der Waals surface area contributed by atoms with E-state index in [1.165, 1.54) is 11.3 Å². The molecule has 0 spiro atoms. The zero-order valence-electron chi connectivity index (χ0n) is 15.7. The summed E-state index contributed by atoms with van der Waals surface area (Å²) in [5.41, 5.74) is 0.812. The van der Waals surface area contributed by atoms with E-state index < -0.39 is 0 Å². The van der Waals surface area contributed by atoms with Crippen LogP contribution in [0.2, 0.25) is 0 Å². The number of hydrogen-bond donors (Lipinski definition) is 0. The Morgan fingerprint density at radius 1 is 1.07 bits per heavy atom. The molecular formula is C19H24N6OS. The van der Waals surface area contributed by atoms with E-state index in [-0.39, 0.29) is 5.91 Å². The van der Waals surface area contributed by atoms with Crippen molar-refractivity contribution >= 4 is 17.2 Å². The molecule has 0 aliphatic carbocycles. The van der Waals surface area contributed by atoms with Crippen molar-refractivity contribution in [3.63, 3.8) is 0 Å². The van der Waals surface area contributed by atoms with Gasteiger partial charge in [0, 0.05) is 64.1 Å². The molecule has 0 atom stereocenters. The van der Waals surface area contributed by atoms with E-state index >= 15 is 0 Å². The van der Waals surface area contributed by atoms with Gasteiger partial charge in [0.15, 0.2) is 5.13 Å². The third-order valence-electron chi connectivity index (χ3n) is 5.05. The Bertz CT molecular complexity index is 905. The number of nitrogens with zero attached hydrogens (tertiary/aromatic N) is 6. The molecule has 0 N–H and O–H groups in total. The lowest BCUT2D eigenvalue weighted by molar-refractivity contribution is 0.0637. The molecule has 27 heavy (non-hydrogen) atoms. The number of rotatable bonds is 5. The standard InChI is InChI=1S/C19H24N6OS/c1-15-17(27-19(21-15)25-6-3-4-7-25)18(26)24-13-10-22(11-14-24)9-12-23-8-5-20-16(23)2/h3-8H,9-14H2,1-2H3. The summed E-state index contributed by atoms with van der Waals surface area (Å²) < 4.78 is 4.12. The molecule has 1 aliphatic rings. The van der Waals surface area contributed by atoms with E-state index in [2.05, 4.69) is 19.4 Å². The number of carbonyl (C=O) groups is 1. The monoisotopic (exact) mass is 384 g/mol. The molecule has 1 amide bonds. The Morgan fingerprint density at radius 2 is 1.81 bits per heavy atom. The molecule has 1 fully saturated rings. The van der Waals surface area contributed by atoms with Crippen LogP contribution in [0.15, 0.2) is 36.9 Å². The fourth-order valence-corrected chi connectivity index (χ4v) is 4.36. The van der Waals surface area contributed by atoms with Gasteiger partial charge in [-0.2, -0.15) is 0 Å². The summed E-state index contributed by atoms with van der Waals surface area (Å²) in [6, 6.07) is 3.92. The van der Waals surface area contributed by atoms with Crippen LogP contribution in [0.1, 0.15) is 21.2 Å². The molecule has 0 aromatic carbocycles. The summed E-state index contributed by atoms with van der Waals surface area (Å²) in [5, 5.41) is 0.843. The molecule has 3 aromatic heterocycles. The first kappa shape index (κ1) is 17.9. The van der Waals surface area contributed by atoms with E-state index in [0.717, 1.165) is 60.8 Å². The van der Waals surface area contributed by atoms with Gasteiger partial charge in [-0.15, -0.1) is 0 Å². The average molecular weight is 385 g/mol. The van der Waals surface area contributed by atoms with Crippen molar-refractivity contribution in [1.29, 1.82) is 0 Å². The molecule has 142 valence electrons. The molecule has 0 bridgehead atoms. The lowest BCUT2D eigenvalue weighted by atomic mass is 10.2. The van der Waals surface area contributed by atoms with E-state index in [9.17, 15) is 4.79 Å². The second-order valence-corrected chi connectivity index (χ2v) is 7.78. The normalized spacial score (nSPS) is 15.4. The van der Waals surface area contributed by atoms with Crippen molar-refractivity contribution in [3.05, 3.63) is 53.3 Å². The fourth-order valence-electron chi connectivity index (χ4n) is 3.36. The maximum Gasteiger partial charge on any atom is 0.266 e. The van der Waals surface area contributed by atoms with Gasteiger partial charge in [0.05, 0.1) is 5.69 Å².